The number of aliphatic hydroxyl groups excluding tert-OH is 2. The molecule has 2 N–H and O–H groups in total. The monoisotopic (exact) mass is 752 g/mol. The molecular formula is C47H93NO5. The summed E-state index contributed by atoms with van der Waals surface area (Å²) in [5.74, 6) is 0.949. The minimum Gasteiger partial charge on any atom is -0.389 e. The van der Waals surface area contributed by atoms with Crippen molar-refractivity contribution in [2.24, 2.45) is 33.5 Å². The molecule has 316 valence electrons. The fraction of sp³-hybridized carbons (Fsp3) is 0.936. The Morgan fingerprint density at radius 1 is 0.585 bits per heavy atom. The lowest BCUT2D eigenvalue weighted by Crippen LogP contribution is -2.43. The number of amides is 1. The van der Waals surface area contributed by atoms with Crippen LogP contribution < -0.4 is 0 Å². The van der Waals surface area contributed by atoms with E-state index < -0.39 is 12.2 Å². The first-order valence-electron chi connectivity index (χ1n) is 22.2. The third kappa shape index (κ3) is 24.3. The van der Waals surface area contributed by atoms with Gasteiger partial charge in [0.2, 0.25) is 5.91 Å². The zero-order valence-electron chi connectivity index (χ0n) is 37.6. The molecule has 4 unspecified atom stereocenters. The van der Waals surface area contributed by atoms with E-state index in [2.05, 4.69) is 89.7 Å². The van der Waals surface area contributed by atoms with Gasteiger partial charge >= 0.3 is 0 Å². The Balaban J connectivity index is 4.71. The van der Waals surface area contributed by atoms with Crippen LogP contribution in [0.4, 0.5) is 0 Å². The molecule has 6 heteroatoms. The molecule has 0 aliphatic carbocycles. The van der Waals surface area contributed by atoms with Crippen molar-refractivity contribution in [3.63, 3.8) is 0 Å². The van der Waals surface area contributed by atoms with E-state index in [9.17, 15) is 15.0 Å². The topological polar surface area (TPSA) is 79.2 Å². The van der Waals surface area contributed by atoms with Gasteiger partial charge in [-0.3, -0.25) is 4.79 Å². The Morgan fingerprint density at radius 3 is 1.25 bits per heavy atom. The maximum atomic E-state index is 12.6. The molecule has 0 aromatic carbocycles. The first-order chi connectivity index (χ1) is 24.7. The molecular weight excluding hydrogens is 659 g/mol. The molecule has 1 amide bonds. The first kappa shape index (κ1) is 52.0. The lowest BCUT2D eigenvalue weighted by atomic mass is 9.62. The Kier molecular flexibility index (Phi) is 27.1. The fourth-order valence-corrected chi connectivity index (χ4v) is 9.29. The Bertz CT molecular complexity index is 853. The number of nitrogens with zero attached hydrogens (tertiary/aromatic N) is 1. The summed E-state index contributed by atoms with van der Waals surface area (Å²) >= 11 is 0. The van der Waals surface area contributed by atoms with Gasteiger partial charge in [0.05, 0.1) is 25.4 Å². The summed E-state index contributed by atoms with van der Waals surface area (Å²) in [6, 6.07) is 0. The van der Waals surface area contributed by atoms with E-state index in [1.165, 1.54) is 101 Å². The first-order valence-corrected chi connectivity index (χ1v) is 22.2. The summed E-state index contributed by atoms with van der Waals surface area (Å²) in [4.78, 5) is 14.1. The van der Waals surface area contributed by atoms with Crippen molar-refractivity contribution in [2.75, 3.05) is 39.5 Å². The van der Waals surface area contributed by atoms with Crippen molar-refractivity contribution in [1.29, 1.82) is 0 Å². The number of hydrogen-bond acceptors (Lipinski definition) is 5. The number of ether oxygens (including phenoxy) is 2. The highest BCUT2D eigenvalue weighted by Gasteiger charge is 2.38. The van der Waals surface area contributed by atoms with Gasteiger partial charge in [-0.05, 0) is 78.1 Å². The van der Waals surface area contributed by atoms with Gasteiger partial charge in [0.25, 0.3) is 0 Å². The molecule has 4 atom stereocenters. The molecule has 0 saturated carbocycles. The second kappa shape index (κ2) is 27.6. The van der Waals surface area contributed by atoms with Crippen LogP contribution in [0.3, 0.4) is 0 Å². The molecule has 0 aromatic heterocycles. The Labute approximate surface area is 331 Å². The fourth-order valence-electron chi connectivity index (χ4n) is 9.29. The predicted molar refractivity (Wildman–Crippen MR) is 228 cm³/mol. The molecule has 0 bridgehead atoms. The minimum atomic E-state index is -0.843. The standard InChI is InChI=1S/C47H93NO5/c1-14-17-19-21-23-25-29-41(44(4,5)6)46(10,11)31-27-33-52-37-39(49)35-48(43(51)16-3)36-40(50)38-53-34-28-32-47(12,13)42(45(7,8)9)30-26-24-22-20-18-15-2/h16,39-42,49-50H,3,14-15,17-38H2,1-2,4-13H3. The van der Waals surface area contributed by atoms with Gasteiger partial charge in [0.15, 0.2) is 0 Å². The van der Waals surface area contributed by atoms with Crippen LogP contribution in [0.15, 0.2) is 12.7 Å². The minimum absolute atomic E-state index is 0.0821. The van der Waals surface area contributed by atoms with Crippen LogP contribution in [0.5, 0.6) is 0 Å². The predicted octanol–water partition coefficient (Wildman–Crippen LogP) is 12.2. The van der Waals surface area contributed by atoms with Crippen molar-refractivity contribution in [3.8, 4) is 0 Å². The van der Waals surface area contributed by atoms with Gasteiger partial charge < -0.3 is 24.6 Å². The summed E-state index contributed by atoms with van der Waals surface area (Å²) in [6.07, 6.45) is 22.0. The van der Waals surface area contributed by atoms with E-state index in [4.69, 9.17) is 9.47 Å². The highest BCUT2D eigenvalue weighted by atomic mass is 16.5. The summed E-state index contributed by atoms with van der Waals surface area (Å²) in [6.45, 7) is 33.7. The molecule has 0 aromatic rings. The molecule has 0 spiro atoms. The lowest BCUT2D eigenvalue weighted by molar-refractivity contribution is -0.130. The summed E-state index contributed by atoms with van der Waals surface area (Å²) in [5, 5.41) is 21.5. The SMILES string of the molecule is C=CC(=O)N(CC(O)COCCCC(C)(C)C(CCCCCCCC)C(C)(C)C)CC(O)COCCCC(C)(C)C(CCCCCCCC)C(C)(C)C. The molecule has 0 heterocycles. The zero-order chi connectivity index (χ0) is 40.6. The van der Waals surface area contributed by atoms with E-state index in [-0.39, 0.29) is 53.9 Å². The molecule has 6 nitrogen and oxygen atoms in total. The van der Waals surface area contributed by atoms with Crippen LogP contribution >= 0.6 is 0 Å². The number of rotatable bonds is 33. The molecule has 0 fully saturated rings. The van der Waals surface area contributed by atoms with Gasteiger partial charge in [-0.1, -0.05) is 167 Å². The van der Waals surface area contributed by atoms with Gasteiger partial charge in [-0.2, -0.15) is 0 Å². The molecule has 0 aliphatic heterocycles. The quantitative estimate of drug-likeness (QED) is 0.0516. The second-order valence-corrected chi connectivity index (χ2v) is 20.0. The van der Waals surface area contributed by atoms with E-state index in [0.29, 0.717) is 25.0 Å². The van der Waals surface area contributed by atoms with Crippen LogP contribution in [0.1, 0.15) is 199 Å². The number of carbonyl (C=O) groups excluding carboxylic acids is 1. The third-order valence-corrected chi connectivity index (χ3v) is 11.9. The van der Waals surface area contributed by atoms with Crippen LogP contribution in [0.2, 0.25) is 0 Å². The zero-order valence-corrected chi connectivity index (χ0v) is 37.6. The summed E-state index contributed by atoms with van der Waals surface area (Å²) < 4.78 is 11.8. The largest absolute Gasteiger partial charge is 0.389 e. The molecule has 0 radical (unpaired) electrons. The van der Waals surface area contributed by atoms with Crippen LogP contribution in [0.25, 0.3) is 0 Å². The number of carbonyl (C=O) groups is 1. The molecule has 0 saturated heterocycles. The molecule has 0 rings (SSSR count). The number of unbranched alkanes of at least 4 members (excludes halogenated alkanes) is 10. The van der Waals surface area contributed by atoms with Gasteiger partial charge in [0, 0.05) is 26.3 Å². The Morgan fingerprint density at radius 2 is 0.925 bits per heavy atom. The van der Waals surface area contributed by atoms with Crippen LogP contribution in [-0.2, 0) is 14.3 Å². The number of aliphatic hydroxyl groups is 2. The van der Waals surface area contributed by atoms with E-state index in [1.807, 2.05) is 0 Å². The normalized spacial score (nSPS) is 15.3. The second-order valence-electron chi connectivity index (χ2n) is 20.0. The number of hydrogen-bond donors (Lipinski definition) is 2. The van der Waals surface area contributed by atoms with Gasteiger partial charge in [0.1, 0.15) is 0 Å². The van der Waals surface area contributed by atoms with Crippen molar-refractivity contribution in [3.05, 3.63) is 12.7 Å². The van der Waals surface area contributed by atoms with Gasteiger partial charge in [-0.25, -0.2) is 0 Å². The molecule has 53 heavy (non-hydrogen) atoms. The van der Waals surface area contributed by atoms with E-state index in [1.54, 1.807) is 0 Å². The van der Waals surface area contributed by atoms with Crippen molar-refractivity contribution in [1.82, 2.24) is 4.90 Å². The summed E-state index contributed by atoms with van der Waals surface area (Å²) in [7, 11) is 0. The van der Waals surface area contributed by atoms with E-state index >= 15 is 0 Å². The van der Waals surface area contributed by atoms with Gasteiger partial charge in [-0.15, -0.1) is 0 Å². The summed E-state index contributed by atoms with van der Waals surface area (Å²) in [5.41, 5.74) is 0.904. The maximum absolute atomic E-state index is 12.6. The van der Waals surface area contributed by atoms with Crippen molar-refractivity contribution < 1.29 is 24.5 Å². The molecule has 0 aliphatic rings. The smallest absolute Gasteiger partial charge is 0.246 e. The van der Waals surface area contributed by atoms with Crippen molar-refractivity contribution in [2.45, 2.75) is 211 Å². The van der Waals surface area contributed by atoms with Crippen LogP contribution in [0, 0.1) is 33.5 Å². The lowest BCUT2D eigenvalue weighted by Gasteiger charge is -2.43. The highest BCUT2D eigenvalue weighted by molar-refractivity contribution is 5.87. The Hall–Kier alpha value is -0.950. The van der Waals surface area contributed by atoms with E-state index in [0.717, 1.165) is 25.7 Å². The van der Waals surface area contributed by atoms with Crippen molar-refractivity contribution >= 4 is 5.91 Å². The average molecular weight is 752 g/mol. The highest BCUT2D eigenvalue weighted by Crippen LogP contribution is 2.47. The third-order valence-electron chi connectivity index (χ3n) is 11.9. The average Bonchev–Trinajstić information content (AvgIpc) is 3.05. The maximum Gasteiger partial charge on any atom is 0.246 e. The van der Waals surface area contributed by atoms with Crippen LogP contribution in [-0.4, -0.2) is 72.7 Å².